The van der Waals surface area contributed by atoms with Crippen molar-refractivity contribution in [3.05, 3.63) is 30.1 Å². The largest absolute Gasteiger partial charge is 0.480 e. The molecule has 20 heavy (non-hydrogen) atoms. The van der Waals surface area contributed by atoms with Gasteiger partial charge in [-0.15, -0.1) is 0 Å². The van der Waals surface area contributed by atoms with Crippen LogP contribution in [0.2, 0.25) is 0 Å². The molecule has 3 N–H and O–H groups in total. The molecule has 1 aromatic carbocycles. The van der Waals surface area contributed by atoms with E-state index in [-0.39, 0.29) is 18.8 Å². The van der Waals surface area contributed by atoms with Gasteiger partial charge in [-0.25, -0.2) is 9.18 Å². The molecule has 1 aromatic rings. The minimum Gasteiger partial charge on any atom is -0.480 e. The molecule has 0 aliphatic heterocycles. The van der Waals surface area contributed by atoms with Crippen LogP contribution in [0.4, 0.5) is 4.39 Å². The smallest absolute Gasteiger partial charge is 0.326 e. The van der Waals surface area contributed by atoms with Gasteiger partial charge in [-0.05, 0) is 19.1 Å². The van der Waals surface area contributed by atoms with Crippen molar-refractivity contribution in [3.63, 3.8) is 0 Å². The molecule has 0 bridgehead atoms. The summed E-state index contributed by atoms with van der Waals surface area (Å²) in [7, 11) is 0. The highest BCUT2D eigenvalue weighted by Gasteiger charge is 2.23. The summed E-state index contributed by atoms with van der Waals surface area (Å²) in [5.41, 5.74) is 0. The first-order chi connectivity index (χ1) is 9.45. The number of hydrogen-bond acceptors (Lipinski definition) is 4. The van der Waals surface area contributed by atoms with Crippen LogP contribution >= 0.6 is 0 Å². The zero-order valence-corrected chi connectivity index (χ0v) is 10.9. The second kappa shape index (κ2) is 7.44. The van der Waals surface area contributed by atoms with Crippen LogP contribution < -0.4 is 10.1 Å². The summed E-state index contributed by atoms with van der Waals surface area (Å²) < 4.78 is 18.5. The number of aliphatic hydroxyl groups excluding tert-OH is 1. The molecule has 6 nitrogen and oxygen atoms in total. The molecule has 0 saturated carbocycles. The fraction of sp³-hybridized carbons (Fsp3) is 0.385. The number of benzene rings is 1. The maximum Gasteiger partial charge on any atom is 0.326 e. The van der Waals surface area contributed by atoms with Gasteiger partial charge in [0.1, 0.15) is 6.04 Å². The highest BCUT2D eigenvalue weighted by Crippen LogP contribution is 2.17. The molecule has 2 atom stereocenters. The lowest BCUT2D eigenvalue weighted by Gasteiger charge is -2.18. The number of aliphatic hydroxyl groups is 1. The van der Waals surface area contributed by atoms with E-state index in [2.05, 4.69) is 5.32 Å². The molecule has 0 radical (unpaired) electrons. The molecular formula is C13H16FNO5. The predicted molar refractivity (Wildman–Crippen MR) is 67.8 cm³/mol. The van der Waals surface area contributed by atoms with Crippen LogP contribution in [0, 0.1) is 5.82 Å². The standard InChI is InChI=1S/C13H16FNO5/c1-8(20-11-5-3-2-4-9(11)14)12(17)15-10(6-7-16)13(18)19/h2-5,8,10,16H,6-7H2,1H3,(H,15,17)(H,18,19). The van der Waals surface area contributed by atoms with E-state index in [4.69, 9.17) is 14.9 Å². The topological polar surface area (TPSA) is 95.9 Å². The molecule has 0 heterocycles. The molecule has 1 rings (SSSR count). The van der Waals surface area contributed by atoms with Crippen molar-refractivity contribution in [2.45, 2.75) is 25.5 Å². The Morgan fingerprint density at radius 1 is 1.40 bits per heavy atom. The lowest BCUT2D eigenvalue weighted by molar-refractivity contribution is -0.143. The Morgan fingerprint density at radius 2 is 2.05 bits per heavy atom. The summed E-state index contributed by atoms with van der Waals surface area (Å²) in [5, 5.41) is 19.8. The summed E-state index contributed by atoms with van der Waals surface area (Å²) in [5.74, 6) is -2.67. The number of halogens is 1. The van der Waals surface area contributed by atoms with Gasteiger partial charge in [-0.1, -0.05) is 12.1 Å². The first kappa shape index (κ1) is 15.9. The molecule has 7 heteroatoms. The molecule has 2 unspecified atom stereocenters. The third-order valence-corrected chi connectivity index (χ3v) is 2.54. The summed E-state index contributed by atoms with van der Waals surface area (Å²) in [6, 6.07) is 4.37. The van der Waals surface area contributed by atoms with Crippen LogP contribution in [0.5, 0.6) is 5.75 Å². The van der Waals surface area contributed by atoms with E-state index in [1.807, 2.05) is 0 Å². The quantitative estimate of drug-likeness (QED) is 0.679. The zero-order chi connectivity index (χ0) is 15.1. The van der Waals surface area contributed by atoms with E-state index in [1.54, 1.807) is 6.07 Å². The van der Waals surface area contributed by atoms with Crippen molar-refractivity contribution in [2.75, 3.05) is 6.61 Å². The summed E-state index contributed by atoms with van der Waals surface area (Å²) in [4.78, 5) is 22.6. The summed E-state index contributed by atoms with van der Waals surface area (Å²) >= 11 is 0. The molecule has 110 valence electrons. The fourth-order valence-electron chi connectivity index (χ4n) is 1.46. The normalized spacial score (nSPS) is 13.3. The molecule has 0 aromatic heterocycles. The van der Waals surface area contributed by atoms with Gasteiger partial charge in [-0.3, -0.25) is 4.79 Å². The SMILES string of the molecule is CC(Oc1ccccc1F)C(=O)NC(CCO)C(=O)O. The minimum absolute atomic E-state index is 0.0933. The van der Waals surface area contributed by atoms with E-state index >= 15 is 0 Å². The Kier molecular flexibility index (Phi) is 5.92. The van der Waals surface area contributed by atoms with Crippen LogP contribution in [0.3, 0.4) is 0 Å². The van der Waals surface area contributed by atoms with Gasteiger partial charge >= 0.3 is 5.97 Å². The number of ether oxygens (including phenoxy) is 1. The number of carbonyl (C=O) groups is 2. The van der Waals surface area contributed by atoms with Crippen LogP contribution in [0.15, 0.2) is 24.3 Å². The number of amides is 1. The molecule has 0 aliphatic rings. The van der Waals surface area contributed by atoms with Crippen LogP contribution in [-0.4, -0.2) is 40.8 Å². The number of hydrogen-bond donors (Lipinski definition) is 3. The average Bonchev–Trinajstić information content (AvgIpc) is 2.40. The van der Waals surface area contributed by atoms with Crippen LogP contribution in [-0.2, 0) is 9.59 Å². The van der Waals surface area contributed by atoms with Crippen LogP contribution in [0.1, 0.15) is 13.3 Å². The third-order valence-electron chi connectivity index (χ3n) is 2.54. The van der Waals surface area contributed by atoms with Crippen molar-refractivity contribution in [1.82, 2.24) is 5.32 Å². The summed E-state index contributed by atoms with van der Waals surface area (Å²) in [6.45, 7) is 0.999. The first-order valence-electron chi connectivity index (χ1n) is 6.01. The Bertz CT molecular complexity index is 480. The van der Waals surface area contributed by atoms with Crippen molar-refractivity contribution in [3.8, 4) is 5.75 Å². The van der Waals surface area contributed by atoms with Gasteiger partial charge in [0.25, 0.3) is 5.91 Å². The van der Waals surface area contributed by atoms with Gasteiger partial charge in [-0.2, -0.15) is 0 Å². The van der Waals surface area contributed by atoms with Gasteiger partial charge < -0.3 is 20.3 Å². The number of carboxylic acid groups (broad SMARTS) is 1. The van der Waals surface area contributed by atoms with Crippen molar-refractivity contribution in [2.24, 2.45) is 0 Å². The van der Waals surface area contributed by atoms with E-state index in [1.165, 1.54) is 25.1 Å². The lowest BCUT2D eigenvalue weighted by atomic mass is 10.2. The van der Waals surface area contributed by atoms with Crippen molar-refractivity contribution >= 4 is 11.9 Å². The molecule has 0 saturated heterocycles. The Morgan fingerprint density at radius 3 is 2.60 bits per heavy atom. The first-order valence-corrected chi connectivity index (χ1v) is 6.01. The Hall–Kier alpha value is -2.15. The number of nitrogens with one attached hydrogen (secondary N) is 1. The number of aliphatic carboxylic acids is 1. The summed E-state index contributed by atoms with van der Waals surface area (Å²) in [6.07, 6.45) is -1.18. The van der Waals surface area contributed by atoms with E-state index in [0.717, 1.165) is 0 Å². The van der Waals surface area contributed by atoms with Gasteiger partial charge in [0, 0.05) is 13.0 Å². The predicted octanol–water partition coefficient (Wildman–Crippen LogP) is 0.545. The van der Waals surface area contributed by atoms with Crippen molar-refractivity contribution < 1.29 is 28.9 Å². The molecule has 0 aliphatic carbocycles. The lowest BCUT2D eigenvalue weighted by Crippen LogP contribution is -2.46. The highest BCUT2D eigenvalue weighted by atomic mass is 19.1. The maximum absolute atomic E-state index is 13.3. The Labute approximate surface area is 115 Å². The van der Waals surface area contributed by atoms with E-state index in [0.29, 0.717) is 0 Å². The van der Waals surface area contributed by atoms with E-state index in [9.17, 15) is 14.0 Å². The monoisotopic (exact) mass is 285 g/mol. The molecule has 0 spiro atoms. The van der Waals surface area contributed by atoms with Gasteiger partial charge in [0.05, 0.1) is 0 Å². The Balaban J connectivity index is 2.63. The minimum atomic E-state index is -1.26. The third kappa shape index (κ3) is 4.51. The molecule has 0 fully saturated rings. The van der Waals surface area contributed by atoms with E-state index < -0.39 is 29.8 Å². The van der Waals surface area contributed by atoms with Gasteiger partial charge in [0.15, 0.2) is 17.7 Å². The second-order valence-corrected chi connectivity index (χ2v) is 4.10. The molecule has 1 amide bonds. The van der Waals surface area contributed by atoms with Crippen LogP contribution in [0.25, 0.3) is 0 Å². The second-order valence-electron chi connectivity index (χ2n) is 4.10. The van der Waals surface area contributed by atoms with Gasteiger partial charge in [0.2, 0.25) is 0 Å². The molecular weight excluding hydrogens is 269 g/mol. The highest BCUT2D eigenvalue weighted by molar-refractivity contribution is 5.86. The number of para-hydroxylation sites is 1. The number of carbonyl (C=O) groups excluding carboxylic acids is 1. The maximum atomic E-state index is 13.3. The fourth-order valence-corrected chi connectivity index (χ4v) is 1.46. The number of carboxylic acids is 1. The van der Waals surface area contributed by atoms with Crippen molar-refractivity contribution in [1.29, 1.82) is 0 Å². The average molecular weight is 285 g/mol. The zero-order valence-electron chi connectivity index (χ0n) is 10.9. The number of rotatable bonds is 7.